The Morgan fingerprint density at radius 3 is 2.40 bits per heavy atom. The van der Waals surface area contributed by atoms with Crippen molar-refractivity contribution in [1.29, 1.82) is 5.26 Å². The molecule has 2 fully saturated rings. The first kappa shape index (κ1) is 21.4. The highest BCUT2D eigenvalue weighted by Crippen LogP contribution is 2.32. The number of carbonyl (C=O) groups is 3. The van der Waals surface area contributed by atoms with Crippen LogP contribution < -0.4 is 15.4 Å². The van der Waals surface area contributed by atoms with Crippen LogP contribution in [0.1, 0.15) is 38.2 Å². The Kier molecular flexibility index (Phi) is 5.36. The number of nitrogens with zero attached hydrogens (tertiary/aromatic N) is 2. The zero-order valence-electron chi connectivity index (χ0n) is 16.0. The molecule has 11 heteroatoms. The molecule has 30 heavy (non-hydrogen) atoms. The number of rotatable bonds is 5. The maximum atomic E-state index is 12.9. The van der Waals surface area contributed by atoms with Gasteiger partial charge < -0.3 is 15.4 Å². The largest absolute Gasteiger partial charge is 0.573 e. The van der Waals surface area contributed by atoms with Gasteiger partial charge in [0.15, 0.2) is 0 Å². The quantitative estimate of drug-likeness (QED) is 0.705. The number of halogens is 3. The van der Waals surface area contributed by atoms with Crippen LogP contribution in [0.2, 0.25) is 0 Å². The van der Waals surface area contributed by atoms with Crippen molar-refractivity contribution in [2.24, 2.45) is 0 Å². The number of benzene rings is 1. The number of nitrogens with one attached hydrogen (secondary N) is 2. The number of urea groups is 1. The summed E-state index contributed by atoms with van der Waals surface area (Å²) < 4.78 is 40.7. The van der Waals surface area contributed by atoms with Gasteiger partial charge in [-0.2, -0.15) is 5.26 Å². The van der Waals surface area contributed by atoms with E-state index in [1.54, 1.807) is 0 Å². The van der Waals surface area contributed by atoms with Crippen LogP contribution in [0.4, 0.5) is 18.0 Å². The molecular weight excluding hydrogens is 405 g/mol. The molecule has 0 bridgehead atoms. The Morgan fingerprint density at radius 1 is 1.27 bits per heavy atom. The molecule has 8 nitrogen and oxygen atoms in total. The third-order valence-corrected chi connectivity index (χ3v) is 5.29. The normalized spacial score (nSPS) is 23.1. The molecule has 1 heterocycles. The minimum atomic E-state index is -4.85. The van der Waals surface area contributed by atoms with Crippen molar-refractivity contribution in [3.8, 4) is 11.8 Å². The van der Waals surface area contributed by atoms with Crippen molar-refractivity contribution < 1.29 is 32.3 Å². The molecule has 1 saturated carbocycles. The molecule has 1 atom stereocenters. The maximum Gasteiger partial charge on any atom is 0.573 e. The lowest BCUT2D eigenvalue weighted by Gasteiger charge is -2.24. The molecule has 0 spiro atoms. The van der Waals surface area contributed by atoms with Crippen LogP contribution in [0.5, 0.6) is 5.75 Å². The van der Waals surface area contributed by atoms with Gasteiger partial charge in [-0.15, -0.1) is 13.2 Å². The summed E-state index contributed by atoms with van der Waals surface area (Å²) in [6.07, 6.45) is -2.27. The van der Waals surface area contributed by atoms with Gasteiger partial charge in [-0.25, -0.2) is 4.79 Å². The number of hydrogen-bond acceptors (Lipinski definition) is 5. The van der Waals surface area contributed by atoms with E-state index in [0.717, 1.165) is 29.9 Å². The maximum absolute atomic E-state index is 12.9. The first-order valence-electron chi connectivity index (χ1n) is 9.21. The lowest BCUT2D eigenvalue weighted by atomic mass is 9.92. The van der Waals surface area contributed by atoms with Gasteiger partial charge in [0.05, 0.1) is 6.07 Å². The molecule has 1 saturated heterocycles. The van der Waals surface area contributed by atoms with E-state index < -0.39 is 47.6 Å². The second-order valence-corrected chi connectivity index (χ2v) is 7.47. The summed E-state index contributed by atoms with van der Waals surface area (Å²) in [5.41, 5.74) is -2.33. The van der Waals surface area contributed by atoms with Crippen LogP contribution in [0.3, 0.4) is 0 Å². The highest BCUT2D eigenvalue weighted by Gasteiger charge is 2.50. The third kappa shape index (κ3) is 4.17. The van der Waals surface area contributed by atoms with Gasteiger partial charge in [0.1, 0.15) is 23.4 Å². The second kappa shape index (κ2) is 7.51. The minimum absolute atomic E-state index is 0.225. The molecule has 0 radical (unpaired) electrons. The predicted octanol–water partition coefficient (Wildman–Crippen LogP) is 2.30. The summed E-state index contributed by atoms with van der Waals surface area (Å²) in [6.45, 7) is 0.817. The monoisotopic (exact) mass is 424 g/mol. The van der Waals surface area contributed by atoms with Gasteiger partial charge in [0.25, 0.3) is 5.91 Å². The molecule has 1 aliphatic heterocycles. The Labute approximate surface area is 170 Å². The number of carbonyl (C=O) groups excluding carboxylic acids is 3. The van der Waals surface area contributed by atoms with Gasteiger partial charge >= 0.3 is 12.4 Å². The number of ether oxygens (including phenoxy) is 1. The molecule has 4 amide bonds. The Hall–Kier alpha value is -3.29. The summed E-state index contributed by atoms with van der Waals surface area (Å²) in [6, 6.07) is 5.79. The van der Waals surface area contributed by atoms with Gasteiger partial charge in [-0.1, -0.05) is 12.1 Å². The van der Waals surface area contributed by atoms with Crippen LogP contribution >= 0.6 is 0 Å². The second-order valence-electron chi connectivity index (χ2n) is 7.47. The summed E-state index contributed by atoms with van der Waals surface area (Å²) in [7, 11) is 0. The van der Waals surface area contributed by atoms with E-state index >= 15 is 0 Å². The first-order valence-corrected chi connectivity index (χ1v) is 9.21. The molecule has 1 aromatic rings. The summed E-state index contributed by atoms with van der Waals surface area (Å²) in [4.78, 5) is 38.3. The van der Waals surface area contributed by atoms with Crippen LogP contribution in [0.25, 0.3) is 0 Å². The van der Waals surface area contributed by atoms with E-state index in [0.29, 0.717) is 12.8 Å². The van der Waals surface area contributed by atoms with Gasteiger partial charge in [0, 0.05) is 0 Å². The fourth-order valence-corrected chi connectivity index (χ4v) is 3.72. The van der Waals surface area contributed by atoms with Crippen molar-refractivity contribution in [1.82, 2.24) is 15.5 Å². The van der Waals surface area contributed by atoms with Gasteiger partial charge in [-0.05, 0) is 50.3 Å². The number of imide groups is 1. The zero-order chi connectivity index (χ0) is 22.2. The molecule has 1 unspecified atom stereocenters. The molecular formula is C19H19F3N4O4. The van der Waals surface area contributed by atoms with Gasteiger partial charge in [-0.3, -0.25) is 14.5 Å². The first-order chi connectivity index (χ1) is 14.0. The number of amides is 4. The fourth-order valence-electron chi connectivity index (χ4n) is 3.72. The van der Waals surface area contributed by atoms with Crippen LogP contribution in [0.15, 0.2) is 24.3 Å². The highest BCUT2D eigenvalue weighted by atomic mass is 19.4. The van der Waals surface area contributed by atoms with E-state index in [9.17, 15) is 32.8 Å². The highest BCUT2D eigenvalue weighted by molar-refractivity contribution is 6.09. The van der Waals surface area contributed by atoms with E-state index in [-0.39, 0.29) is 5.56 Å². The molecule has 1 aromatic carbocycles. The molecule has 3 rings (SSSR count). The zero-order valence-corrected chi connectivity index (χ0v) is 16.0. The minimum Gasteiger partial charge on any atom is -0.406 e. The topological polar surface area (TPSA) is 112 Å². The summed E-state index contributed by atoms with van der Waals surface area (Å²) in [5.74, 6) is -1.84. The summed E-state index contributed by atoms with van der Waals surface area (Å²) >= 11 is 0. The van der Waals surface area contributed by atoms with Crippen molar-refractivity contribution >= 4 is 17.8 Å². The van der Waals surface area contributed by atoms with Crippen molar-refractivity contribution in [3.63, 3.8) is 0 Å². The molecule has 2 N–H and O–H groups in total. The van der Waals surface area contributed by atoms with Crippen LogP contribution in [-0.2, 0) is 15.1 Å². The smallest absolute Gasteiger partial charge is 0.406 e. The number of nitriles is 1. The lowest BCUT2D eigenvalue weighted by molar-refractivity contribution is -0.274. The Morgan fingerprint density at radius 2 is 1.87 bits per heavy atom. The molecule has 2 aliphatic rings. The van der Waals surface area contributed by atoms with Crippen LogP contribution in [-0.4, -0.2) is 41.2 Å². The average molecular weight is 424 g/mol. The average Bonchev–Trinajstić information content (AvgIpc) is 3.20. The van der Waals surface area contributed by atoms with Gasteiger partial charge in [0.2, 0.25) is 5.91 Å². The Bertz CT molecular complexity index is 904. The fraction of sp³-hybridized carbons (Fsp3) is 0.474. The standard InChI is InChI=1S/C19H19F3N4O4/c1-17(12-4-6-13(7-5-12)30-19(20,21)22)15(28)26(16(29)25-17)10-14(27)24-18(11-23)8-2-3-9-18/h4-7H,2-3,8-10H2,1H3,(H,24,27)(H,25,29). The SMILES string of the molecule is CC1(c2ccc(OC(F)(F)F)cc2)NC(=O)N(CC(=O)NC2(C#N)CCCC2)C1=O. The number of alkyl halides is 3. The van der Waals surface area contributed by atoms with Crippen LogP contribution in [0, 0.1) is 11.3 Å². The third-order valence-electron chi connectivity index (χ3n) is 5.29. The predicted molar refractivity (Wildman–Crippen MR) is 95.7 cm³/mol. The van der Waals surface area contributed by atoms with Crippen molar-refractivity contribution in [3.05, 3.63) is 29.8 Å². The molecule has 1 aliphatic carbocycles. The number of hydrogen-bond donors (Lipinski definition) is 2. The lowest BCUT2D eigenvalue weighted by Crippen LogP contribution is -2.50. The van der Waals surface area contributed by atoms with Crippen molar-refractivity contribution in [2.75, 3.05) is 6.54 Å². The summed E-state index contributed by atoms with van der Waals surface area (Å²) in [5, 5.41) is 14.4. The van der Waals surface area contributed by atoms with E-state index in [1.165, 1.54) is 19.1 Å². The van der Waals surface area contributed by atoms with Crippen molar-refractivity contribution in [2.45, 2.75) is 50.0 Å². The van der Waals surface area contributed by atoms with E-state index in [4.69, 9.17) is 0 Å². The van der Waals surface area contributed by atoms with E-state index in [1.807, 2.05) is 0 Å². The molecule has 0 aromatic heterocycles. The Balaban J connectivity index is 1.72. The van der Waals surface area contributed by atoms with E-state index in [2.05, 4.69) is 21.4 Å². The molecule has 160 valence electrons.